The maximum atomic E-state index is 5.43. The van der Waals surface area contributed by atoms with Gasteiger partial charge in [-0.15, -0.1) is 0 Å². The van der Waals surface area contributed by atoms with Crippen LogP contribution in [0.3, 0.4) is 0 Å². The largest absolute Gasteiger partial charge is 0.492 e. The monoisotopic (exact) mass is 269 g/mol. The molecule has 7 heteroatoms. The number of rotatable bonds is 5. The number of nitrogens with zero attached hydrogens (tertiary/aromatic N) is 1. The van der Waals surface area contributed by atoms with Gasteiger partial charge in [0, 0.05) is 5.56 Å². The molecule has 0 fully saturated rings. The second-order valence-corrected chi connectivity index (χ2v) is 3.64. The van der Waals surface area contributed by atoms with Gasteiger partial charge in [-0.3, -0.25) is 0 Å². The van der Waals surface area contributed by atoms with Crippen molar-refractivity contribution in [2.45, 2.75) is 6.92 Å². The summed E-state index contributed by atoms with van der Waals surface area (Å²) < 4.78 is 21.3. The highest BCUT2D eigenvalue weighted by Gasteiger charge is 2.25. The summed E-state index contributed by atoms with van der Waals surface area (Å²) in [5.41, 5.74) is 11.9. The average Bonchev–Trinajstić information content (AvgIpc) is 2.38. The molecule has 19 heavy (non-hydrogen) atoms. The van der Waals surface area contributed by atoms with E-state index in [4.69, 9.17) is 30.4 Å². The summed E-state index contributed by atoms with van der Waals surface area (Å²) in [4.78, 5) is 4.02. The molecule has 1 rings (SSSR count). The SMILES string of the molecule is COc1c(C)c(OC)c(OC)c(N=C(N)N)c1OC. The summed E-state index contributed by atoms with van der Waals surface area (Å²) >= 11 is 0. The van der Waals surface area contributed by atoms with Crippen LogP contribution in [0, 0.1) is 6.92 Å². The van der Waals surface area contributed by atoms with Gasteiger partial charge in [-0.25, -0.2) is 4.99 Å². The Hall–Kier alpha value is -2.31. The van der Waals surface area contributed by atoms with Crippen molar-refractivity contribution < 1.29 is 18.9 Å². The smallest absolute Gasteiger partial charge is 0.191 e. The van der Waals surface area contributed by atoms with E-state index in [1.165, 1.54) is 28.4 Å². The molecule has 7 nitrogen and oxygen atoms in total. The van der Waals surface area contributed by atoms with E-state index in [0.717, 1.165) is 5.56 Å². The van der Waals surface area contributed by atoms with E-state index in [2.05, 4.69) is 4.99 Å². The Labute approximate surface area is 112 Å². The Kier molecular flexibility index (Phi) is 4.68. The van der Waals surface area contributed by atoms with E-state index < -0.39 is 0 Å². The molecule has 0 bridgehead atoms. The standard InChI is InChI=1S/C12H19N3O4/c1-6-8(16-2)10(18-4)7(15-12(13)14)11(19-5)9(6)17-3/h1-5H3,(H4,13,14,15). The first kappa shape index (κ1) is 14.7. The number of ether oxygens (including phenoxy) is 4. The molecule has 0 heterocycles. The van der Waals surface area contributed by atoms with Gasteiger partial charge in [0.25, 0.3) is 0 Å². The summed E-state index contributed by atoms with van der Waals surface area (Å²) in [6, 6.07) is 0. The first-order chi connectivity index (χ1) is 9.01. The van der Waals surface area contributed by atoms with Crippen molar-refractivity contribution in [3.8, 4) is 23.0 Å². The topological polar surface area (TPSA) is 101 Å². The summed E-state index contributed by atoms with van der Waals surface area (Å²) in [6.45, 7) is 1.82. The third-order valence-corrected chi connectivity index (χ3v) is 2.58. The fraction of sp³-hybridized carbons (Fsp3) is 0.417. The van der Waals surface area contributed by atoms with Gasteiger partial charge in [0.15, 0.2) is 34.6 Å². The molecule has 0 amide bonds. The lowest BCUT2D eigenvalue weighted by molar-refractivity contribution is 0.327. The van der Waals surface area contributed by atoms with E-state index in [0.29, 0.717) is 28.7 Å². The van der Waals surface area contributed by atoms with E-state index in [1.54, 1.807) is 0 Å². The molecular weight excluding hydrogens is 250 g/mol. The van der Waals surface area contributed by atoms with Crippen LogP contribution in [0.15, 0.2) is 4.99 Å². The summed E-state index contributed by atoms with van der Waals surface area (Å²) in [7, 11) is 6.04. The van der Waals surface area contributed by atoms with E-state index >= 15 is 0 Å². The van der Waals surface area contributed by atoms with Gasteiger partial charge in [0.1, 0.15) is 0 Å². The van der Waals surface area contributed by atoms with Gasteiger partial charge in [-0.2, -0.15) is 0 Å². The Bertz CT molecular complexity index is 463. The number of nitrogens with two attached hydrogens (primary N) is 2. The number of benzene rings is 1. The van der Waals surface area contributed by atoms with Crippen molar-refractivity contribution in [1.82, 2.24) is 0 Å². The highest BCUT2D eigenvalue weighted by Crippen LogP contribution is 2.52. The number of aliphatic imine (C=N–C) groups is 1. The molecule has 0 aliphatic rings. The van der Waals surface area contributed by atoms with E-state index in [1.807, 2.05) is 6.92 Å². The van der Waals surface area contributed by atoms with Gasteiger partial charge < -0.3 is 30.4 Å². The number of hydrogen-bond donors (Lipinski definition) is 2. The van der Waals surface area contributed by atoms with Crippen molar-refractivity contribution in [2.75, 3.05) is 28.4 Å². The van der Waals surface area contributed by atoms with Crippen LogP contribution in [0.2, 0.25) is 0 Å². The van der Waals surface area contributed by atoms with Crippen molar-refractivity contribution in [2.24, 2.45) is 16.5 Å². The van der Waals surface area contributed by atoms with Crippen molar-refractivity contribution in [1.29, 1.82) is 0 Å². The molecular formula is C12H19N3O4. The Morgan fingerprint density at radius 1 is 0.789 bits per heavy atom. The second-order valence-electron chi connectivity index (χ2n) is 3.64. The third kappa shape index (κ3) is 2.59. The van der Waals surface area contributed by atoms with Gasteiger partial charge in [0.05, 0.1) is 28.4 Å². The van der Waals surface area contributed by atoms with Crippen LogP contribution >= 0.6 is 0 Å². The van der Waals surface area contributed by atoms with Gasteiger partial charge in [-0.1, -0.05) is 0 Å². The maximum Gasteiger partial charge on any atom is 0.191 e. The zero-order chi connectivity index (χ0) is 14.6. The van der Waals surface area contributed by atoms with E-state index in [-0.39, 0.29) is 5.96 Å². The molecule has 106 valence electrons. The molecule has 0 aromatic heterocycles. The molecule has 0 saturated carbocycles. The molecule has 0 aliphatic carbocycles. The molecule has 1 aromatic carbocycles. The zero-order valence-electron chi connectivity index (χ0n) is 11.7. The minimum atomic E-state index is -0.121. The minimum absolute atomic E-state index is 0.121. The Morgan fingerprint density at radius 3 is 1.42 bits per heavy atom. The van der Waals surface area contributed by atoms with Gasteiger partial charge in [0.2, 0.25) is 0 Å². The molecule has 4 N–H and O–H groups in total. The highest BCUT2D eigenvalue weighted by molar-refractivity contribution is 5.85. The highest BCUT2D eigenvalue weighted by atomic mass is 16.5. The third-order valence-electron chi connectivity index (χ3n) is 2.58. The van der Waals surface area contributed by atoms with Crippen LogP contribution in [-0.4, -0.2) is 34.4 Å². The van der Waals surface area contributed by atoms with Crippen LogP contribution < -0.4 is 30.4 Å². The first-order valence-corrected chi connectivity index (χ1v) is 5.47. The van der Waals surface area contributed by atoms with Gasteiger partial charge >= 0.3 is 0 Å². The quantitative estimate of drug-likeness (QED) is 0.609. The number of guanidine groups is 1. The second kappa shape index (κ2) is 6.03. The predicted octanol–water partition coefficient (Wildman–Crippen LogP) is 0.934. The van der Waals surface area contributed by atoms with Crippen molar-refractivity contribution in [3.05, 3.63) is 5.56 Å². The summed E-state index contributed by atoms with van der Waals surface area (Å²) in [5.74, 6) is 1.61. The van der Waals surface area contributed by atoms with Crippen LogP contribution in [0.25, 0.3) is 0 Å². The molecule has 0 spiro atoms. The summed E-state index contributed by atoms with van der Waals surface area (Å²) in [6.07, 6.45) is 0. The fourth-order valence-corrected chi connectivity index (χ4v) is 1.86. The number of methoxy groups -OCH3 is 4. The molecule has 1 aromatic rings. The fourth-order valence-electron chi connectivity index (χ4n) is 1.86. The lowest BCUT2D eigenvalue weighted by atomic mass is 10.1. The van der Waals surface area contributed by atoms with Crippen molar-refractivity contribution >= 4 is 11.6 Å². The lowest BCUT2D eigenvalue weighted by Gasteiger charge is -2.19. The minimum Gasteiger partial charge on any atom is -0.492 e. The van der Waals surface area contributed by atoms with E-state index in [9.17, 15) is 0 Å². The maximum absolute atomic E-state index is 5.43. The van der Waals surface area contributed by atoms with Crippen LogP contribution in [0.1, 0.15) is 5.56 Å². The molecule has 0 aliphatic heterocycles. The molecule has 0 saturated heterocycles. The molecule has 0 radical (unpaired) electrons. The lowest BCUT2D eigenvalue weighted by Crippen LogP contribution is -2.22. The Morgan fingerprint density at radius 2 is 1.16 bits per heavy atom. The van der Waals surface area contributed by atoms with Crippen molar-refractivity contribution in [3.63, 3.8) is 0 Å². The van der Waals surface area contributed by atoms with Crippen LogP contribution in [0.4, 0.5) is 5.69 Å². The first-order valence-electron chi connectivity index (χ1n) is 5.47. The predicted molar refractivity (Wildman–Crippen MR) is 72.9 cm³/mol. The van der Waals surface area contributed by atoms with Gasteiger partial charge in [-0.05, 0) is 6.92 Å². The zero-order valence-corrected chi connectivity index (χ0v) is 11.7. The normalized spacial score (nSPS) is 9.74. The summed E-state index contributed by atoms with van der Waals surface area (Å²) in [5, 5.41) is 0. The van der Waals surface area contributed by atoms with Crippen LogP contribution in [-0.2, 0) is 0 Å². The van der Waals surface area contributed by atoms with Crippen LogP contribution in [0.5, 0.6) is 23.0 Å². The molecule has 0 unspecified atom stereocenters. The number of hydrogen-bond acceptors (Lipinski definition) is 5. The Balaban J connectivity index is 3.79. The molecule has 0 atom stereocenters. The average molecular weight is 269 g/mol.